The molecule has 3 rings (SSSR count). The molecule has 2 aromatic rings. The van der Waals surface area contributed by atoms with E-state index in [-0.39, 0.29) is 22.2 Å². The predicted octanol–water partition coefficient (Wildman–Crippen LogP) is -2.30. The zero-order valence-electron chi connectivity index (χ0n) is 12.8. The number of hydrogen-bond donors (Lipinski definition) is 2. The van der Waals surface area contributed by atoms with Gasteiger partial charge < -0.3 is 10.2 Å². The fraction of sp³-hybridized carbons (Fsp3) is 0.571. The van der Waals surface area contributed by atoms with Gasteiger partial charge in [-0.05, 0) is 25.7 Å². The third-order valence-electron chi connectivity index (χ3n) is 4.63. The van der Waals surface area contributed by atoms with Crippen LogP contribution in [0.25, 0.3) is 0 Å². The van der Waals surface area contributed by atoms with E-state index >= 15 is 0 Å². The first-order valence-corrected chi connectivity index (χ1v) is 7.08. The van der Waals surface area contributed by atoms with Crippen LogP contribution in [0.5, 0.6) is 0 Å². The quantitative estimate of drug-likeness (QED) is 0.647. The van der Waals surface area contributed by atoms with Gasteiger partial charge in [-0.25, -0.2) is 0 Å². The number of aromatic nitrogens is 4. The number of rotatable bonds is 2. The molecule has 0 spiro atoms. The predicted molar refractivity (Wildman–Crippen MR) is 74.6 cm³/mol. The van der Waals surface area contributed by atoms with E-state index in [0.29, 0.717) is 11.4 Å². The highest BCUT2D eigenvalue weighted by molar-refractivity contribution is 5.36. The SMILES string of the molecule is Cc1[nH]n(C)c(=O)c1C1C([O-])C(c2c(C)[nH]n(C)c2=O)C1[O-]. The summed E-state index contributed by atoms with van der Waals surface area (Å²) in [7, 11) is 3.08. The van der Waals surface area contributed by atoms with Crippen molar-refractivity contribution in [3.63, 3.8) is 0 Å². The van der Waals surface area contributed by atoms with Crippen LogP contribution in [0.3, 0.4) is 0 Å². The number of nitrogens with one attached hydrogen (secondary N) is 2. The van der Waals surface area contributed by atoms with E-state index in [1.165, 1.54) is 9.36 Å². The van der Waals surface area contributed by atoms with Gasteiger partial charge in [-0.15, -0.1) is 12.2 Å². The molecule has 120 valence electrons. The topological polar surface area (TPSA) is 122 Å². The molecular weight excluding hydrogens is 288 g/mol. The molecule has 2 N–H and O–H groups in total. The van der Waals surface area contributed by atoms with Gasteiger partial charge in [0, 0.05) is 36.6 Å². The second-order valence-electron chi connectivity index (χ2n) is 6.01. The molecule has 22 heavy (non-hydrogen) atoms. The fourth-order valence-electron chi connectivity index (χ4n) is 3.52. The zero-order valence-corrected chi connectivity index (χ0v) is 12.8. The molecule has 8 nitrogen and oxygen atoms in total. The second-order valence-corrected chi connectivity index (χ2v) is 6.01. The van der Waals surface area contributed by atoms with Crippen molar-refractivity contribution in [2.45, 2.75) is 37.9 Å². The maximum atomic E-state index is 12.6. The Morgan fingerprint density at radius 2 is 1.14 bits per heavy atom. The highest BCUT2D eigenvalue weighted by atomic mass is 16.3. The Labute approximate surface area is 126 Å². The first-order valence-electron chi connectivity index (χ1n) is 7.08. The Hall–Kier alpha value is -2.06. The van der Waals surface area contributed by atoms with E-state index in [1.54, 1.807) is 27.9 Å². The molecule has 0 saturated heterocycles. The van der Waals surface area contributed by atoms with Crippen molar-refractivity contribution in [3.8, 4) is 0 Å². The van der Waals surface area contributed by atoms with Crippen molar-refractivity contribution in [2.24, 2.45) is 14.1 Å². The Bertz CT molecular complexity index is 762. The van der Waals surface area contributed by atoms with Crippen LogP contribution in [-0.4, -0.2) is 31.8 Å². The largest absolute Gasteiger partial charge is 0.851 e. The van der Waals surface area contributed by atoms with Crippen molar-refractivity contribution in [1.29, 1.82) is 0 Å². The van der Waals surface area contributed by atoms with E-state index in [9.17, 15) is 19.8 Å². The molecule has 0 aromatic carbocycles. The Morgan fingerprint density at radius 1 is 0.818 bits per heavy atom. The molecule has 0 bridgehead atoms. The van der Waals surface area contributed by atoms with Gasteiger partial charge in [0.15, 0.2) is 0 Å². The van der Waals surface area contributed by atoms with Gasteiger partial charge in [0.2, 0.25) is 0 Å². The summed E-state index contributed by atoms with van der Waals surface area (Å²) in [6.45, 7) is 3.34. The molecule has 1 aliphatic carbocycles. The first kappa shape index (κ1) is 14.9. The monoisotopic (exact) mass is 306 g/mol. The van der Waals surface area contributed by atoms with Crippen molar-refractivity contribution < 1.29 is 10.2 Å². The summed E-state index contributed by atoms with van der Waals surface area (Å²) in [4.78, 5) is 24.2. The van der Waals surface area contributed by atoms with Crippen LogP contribution in [0.15, 0.2) is 9.59 Å². The Morgan fingerprint density at radius 3 is 1.36 bits per heavy atom. The minimum atomic E-state index is -1.29. The zero-order chi connectivity index (χ0) is 16.3. The van der Waals surface area contributed by atoms with Crippen molar-refractivity contribution in [2.75, 3.05) is 0 Å². The average molecular weight is 306 g/mol. The number of H-pyrrole nitrogens is 2. The number of hydrogen-bond acceptors (Lipinski definition) is 4. The third-order valence-corrected chi connectivity index (χ3v) is 4.63. The molecular formula is C14H18N4O4-2. The maximum Gasteiger partial charge on any atom is 0.269 e. The molecule has 0 aliphatic heterocycles. The Balaban J connectivity index is 2.02. The second kappa shape index (κ2) is 4.72. The lowest BCUT2D eigenvalue weighted by Crippen LogP contribution is -2.65. The van der Waals surface area contributed by atoms with Crippen molar-refractivity contribution in [3.05, 3.63) is 43.2 Å². The van der Waals surface area contributed by atoms with E-state index < -0.39 is 24.0 Å². The summed E-state index contributed by atoms with van der Waals surface area (Å²) in [5.41, 5.74) is 0.892. The van der Waals surface area contributed by atoms with E-state index in [4.69, 9.17) is 0 Å². The van der Waals surface area contributed by atoms with E-state index in [1.807, 2.05) is 0 Å². The minimum absolute atomic E-state index is 0.253. The van der Waals surface area contributed by atoms with Crippen LogP contribution in [0.4, 0.5) is 0 Å². The van der Waals surface area contributed by atoms with Gasteiger partial charge in [-0.3, -0.25) is 29.2 Å². The fourth-order valence-corrected chi connectivity index (χ4v) is 3.52. The normalized spacial score (nSPS) is 27.9. The molecule has 0 amide bonds. The molecule has 2 aromatic heterocycles. The summed E-state index contributed by atoms with van der Waals surface area (Å²) in [5, 5.41) is 30.7. The van der Waals surface area contributed by atoms with Gasteiger partial charge >= 0.3 is 0 Å². The summed E-state index contributed by atoms with van der Waals surface area (Å²) >= 11 is 0. The van der Waals surface area contributed by atoms with E-state index in [2.05, 4.69) is 10.2 Å². The Kier molecular flexibility index (Phi) is 3.19. The van der Waals surface area contributed by atoms with E-state index in [0.717, 1.165) is 0 Å². The lowest BCUT2D eigenvalue weighted by molar-refractivity contribution is -0.536. The summed E-state index contributed by atoms with van der Waals surface area (Å²) in [6, 6.07) is 0. The van der Waals surface area contributed by atoms with Crippen molar-refractivity contribution >= 4 is 0 Å². The van der Waals surface area contributed by atoms with Crippen LogP contribution in [0.1, 0.15) is 34.4 Å². The van der Waals surface area contributed by atoms with Crippen LogP contribution >= 0.6 is 0 Å². The molecule has 8 heteroatoms. The summed E-state index contributed by atoms with van der Waals surface area (Å²) < 4.78 is 2.52. The first-order chi connectivity index (χ1) is 10.3. The average Bonchev–Trinajstić information content (AvgIpc) is 2.83. The highest BCUT2D eigenvalue weighted by Gasteiger charge is 2.43. The van der Waals surface area contributed by atoms with Gasteiger partial charge in [-0.2, -0.15) is 0 Å². The van der Waals surface area contributed by atoms with Crippen LogP contribution < -0.4 is 21.3 Å². The molecule has 2 heterocycles. The molecule has 0 atom stereocenters. The maximum absolute atomic E-state index is 12.6. The smallest absolute Gasteiger partial charge is 0.269 e. The molecule has 1 saturated carbocycles. The van der Waals surface area contributed by atoms with Crippen molar-refractivity contribution in [1.82, 2.24) is 19.6 Å². The molecule has 1 aliphatic rings. The highest BCUT2D eigenvalue weighted by Crippen LogP contribution is 2.44. The van der Waals surface area contributed by atoms with Gasteiger partial charge in [-0.1, -0.05) is 0 Å². The number of aryl methyl sites for hydroxylation is 4. The molecule has 1 fully saturated rings. The number of nitrogens with zero attached hydrogens (tertiary/aromatic N) is 2. The molecule has 0 radical (unpaired) electrons. The van der Waals surface area contributed by atoms with Gasteiger partial charge in [0.25, 0.3) is 11.1 Å². The van der Waals surface area contributed by atoms with Gasteiger partial charge in [0.05, 0.1) is 0 Å². The lowest BCUT2D eigenvalue weighted by atomic mass is 9.63. The van der Waals surface area contributed by atoms with Crippen LogP contribution in [-0.2, 0) is 14.1 Å². The summed E-state index contributed by atoms with van der Waals surface area (Å²) in [6.07, 6.45) is -2.57. The standard InChI is InChI=1S/C14H18N4O4/c1-5-7(13(21)17(3)15-5)9-11(19)10(12(9)20)8-6(2)16-18(4)14(8)22/h9-12,15-16H,1-4H3/q-2. The third kappa shape index (κ3) is 1.77. The number of aromatic amines is 2. The lowest BCUT2D eigenvalue weighted by Gasteiger charge is -2.60. The van der Waals surface area contributed by atoms with Gasteiger partial charge in [0.1, 0.15) is 0 Å². The van der Waals surface area contributed by atoms with Crippen LogP contribution in [0, 0.1) is 13.8 Å². The minimum Gasteiger partial charge on any atom is -0.851 e. The molecule has 0 unspecified atom stereocenters. The van der Waals surface area contributed by atoms with Crippen LogP contribution in [0.2, 0.25) is 0 Å². The summed E-state index contributed by atoms with van der Waals surface area (Å²) in [5.74, 6) is -1.82.